The van der Waals surface area contributed by atoms with Gasteiger partial charge in [-0.1, -0.05) is 70.9 Å². The van der Waals surface area contributed by atoms with E-state index >= 15 is 0 Å². The second-order valence-corrected chi connectivity index (χ2v) is 14.8. The van der Waals surface area contributed by atoms with Crippen molar-refractivity contribution in [2.45, 2.75) is 116 Å². The monoisotopic (exact) mass is 769 g/mol. The number of aliphatic carboxylic acids is 2. The van der Waals surface area contributed by atoms with Gasteiger partial charge in [-0.25, -0.2) is 9.78 Å². The first-order valence-electron chi connectivity index (χ1n) is 17.9. The number of thiazole rings is 1. The molecular formula is C37H54F3N5O7S. The number of halogens is 3. The molecule has 0 aliphatic carbocycles. The molecule has 296 valence electrons. The van der Waals surface area contributed by atoms with Gasteiger partial charge in [0.1, 0.15) is 11.7 Å². The first-order valence-corrected chi connectivity index (χ1v) is 18.8. The number of carboxylic acid groups (broad SMARTS) is 2. The Hall–Kier alpha value is -4.05. The van der Waals surface area contributed by atoms with Gasteiger partial charge in [0, 0.05) is 37.4 Å². The van der Waals surface area contributed by atoms with Crippen molar-refractivity contribution in [2.75, 3.05) is 20.6 Å². The van der Waals surface area contributed by atoms with Crippen molar-refractivity contribution >= 4 is 41.0 Å². The maximum atomic E-state index is 13.9. The molecule has 2 heterocycles. The predicted molar refractivity (Wildman–Crippen MR) is 195 cm³/mol. The van der Waals surface area contributed by atoms with Crippen LogP contribution in [0.3, 0.4) is 0 Å². The molecule has 5 atom stereocenters. The molecule has 0 bridgehead atoms. The lowest BCUT2D eigenvalue weighted by molar-refractivity contribution is -0.192. The molecule has 1 aliphatic rings. The van der Waals surface area contributed by atoms with E-state index in [9.17, 15) is 37.5 Å². The number of carboxylic acids is 2. The molecule has 0 unspecified atom stereocenters. The molecule has 1 aromatic carbocycles. The SMILES string of the molecule is CC[C@H](C)[C@H](NC(=O)[C@@H]1CCCCN1C)C(=O)N(C)[C@H](CCc1nc(C(=O)N[C@H](CCC(=O)O)Cc2ccccc2)cs1)C(C)C.O=C(O)C(F)(F)F. The summed E-state index contributed by atoms with van der Waals surface area (Å²) >= 11 is 1.41. The number of likely N-dealkylation sites (N-methyl/N-ethyl adjacent to an activating group) is 2. The molecule has 0 radical (unpaired) electrons. The first-order chi connectivity index (χ1) is 24.8. The van der Waals surface area contributed by atoms with Gasteiger partial charge in [0.15, 0.2) is 0 Å². The fourth-order valence-electron chi connectivity index (χ4n) is 6.18. The summed E-state index contributed by atoms with van der Waals surface area (Å²) in [6.07, 6.45) is 0.651. The van der Waals surface area contributed by atoms with Crippen molar-refractivity contribution in [1.82, 2.24) is 25.4 Å². The number of likely N-dealkylation sites (tertiary alicyclic amines) is 1. The van der Waals surface area contributed by atoms with Gasteiger partial charge in [-0.3, -0.25) is 24.1 Å². The van der Waals surface area contributed by atoms with Crippen molar-refractivity contribution in [3.8, 4) is 0 Å². The Labute approximate surface area is 313 Å². The minimum absolute atomic E-state index is 0.0122. The second kappa shape index (κ2) is 21.6. The maximum absolute atomic E-state index is 13.9. The number of nitrogens with one attached hydrogen (secondary N) is 2. The minimum Gasteiger partial charge on any atom is -0.481 e. The maximum Gasteiger partial charge on any atom is 0.490 e. The Kier molecular flexibility index (Phi) is 18.4. The fraction of sp³-hybridized carbons (Fsp3) is 0.622. The van der Waals surface area contributed by atoms with Gasteiger partial charge in [0.05, 0.1) is 11.0 Å². The number of aryl methyl sites for hydroxylation is 1. The van der Waals surface area contributed by atoms with E-state index in [1.165, 1.54) is 11.3 Å². The van der Waals surface area contributed by atoms with Crippen molar-refractivity contribution in [1.29, 1.82) is 0 Å². The van der Waals surface area contributed by atoms with Crippen molar-refractivity contribution in [3.63, 3.8) is 0 Å². The molecule has 16 heteroatoms. The van der Waals surface area contributed by atoms with E-state index < -0.39 is 24.2 Å². The third kappa shape index (κ3) is 15.1. The number of hydrogen-bond acceptors (Lipinski definition) is 8. The van der Waals surface area contributed by atoms with Crippen LogP contribution in [0, 0.1) is 11.8 Å². The van der Waals surface area contributed by atoms with Gasteiger partial charge in [-0.2, -0.15) is 13.2 Å². The lowest BCUT2D eigenvalue weighted by atomic mass is 9.93. The Morgan fingerprint density at radius 1 is 1.04 bits per heavy atom. The van der Waals surface area contributed by atoms with Crippen LogP contribution in [0.5, 0.6) is 0 Å². The van der Waals surface area contributed by atoms with Gasteiger partial charge < -0.3 is 25.7 Å². The minimum atomic E-state index is -5.08. The van der Waals surface area contributed by atoms with Crippen LogP contribution in [0.4, 0.5) is 13.2 Å². The number of hydrogen-bond donors (Lipinski definition) is 4. The molecule has 3 rings (SSSR count). The molecular weight excluding hydrogens is 715 g/mol. The van der Waals surface area contributed by atoms with Crippen molar-refractivity contribution in [2.24, 2.45) is 11.8 Å². The number of piperidine rings is 1. The zero-order valence-corrected chi connectivity index (χ0v) is 32.1. The Bertz CT molecular complexity index is 1490. The molecule has 4 N–H and O–H groups in total. The quantitative estimate of drug-likeness (QED) is 0.164. The summed E-state index contributed by atoms with van der Waals surface area (Å²) in [4.78, 5) is 68.9. The molecule has 1 fully saturated rings. The van der Waals surface area contributed by atoms with Crippen LogP contribution in [-0.2, 0) is 32.0 Å². The number of nitrogens with zero attached hydrogens (tertiary/aromatic N) is 3. The normalized spacial score (nSPS) is 17.1. The van der Waals surface area contributed by atoms with E-state index in [0.29, 0.717) is 31.4 Å². The first kappa shape index (κ1) is 45.1. The lowest BCUT2D eigenvalue weighted by Gasteiger charge is -2.37. The number of amides is 3. The average molecular weight is 770 g/mol. The predicted octanol–water partition coefficient (Wildman–Crippen LogP) is 5.41. The Morgan fingerprint density at radius 2 is 1.68 bits per heavy atom. The lowest BCUT2D eigenvalue weighted by Crippen LogP contribution is -2.57. The van der Waals surface area contributed by atoms with E-state index in [0.717, 1.165) is 42.8 Å². The van der Waals surface area contributed by atoms with Gasteiger partial charge >= 0.3 is 18.1 Å². The summed E-state index contributed by atoms with van der Waals surface area (Å²) < 4.78 is 31.7. The second-order valence-electron chi connectivity index (χ2n) is 13.9. The molecule has 53 heavy (non-hydrogen) atoms. The molecule has 0 saturated carbocycles. The largest absolute Gasteiger partial charge is 0.490 e. The number of carbonyl (C=O) groups excluding carboxylic acids is 3. The highest BCUT2D eigenvalue weighted by Gasteiger charge is 2.38. The van der Waals surface area contributed by atoms with Crippen LogP contribution in [0.15, 0.2) is 35.7 Å². The van der Waals surface area contributed by atoms with Crippen LogP contribution >= 0.6 is 11.3 Å². The zero-order chi connectivity index (χ0) is 39.9. The molecule has 1 aromatic heterocycles. The van der Waals surface area contributed by atoms with Crippen molar-refractivity contribution < 1.29 is 47.4 Å². The van der Waals surface area contributed by atoms with Gasteiger partial charge in [0.25, 0.3) is 5.91 Å². The summed E-state index contributed by atoms with van der Waals surface area (Å²) in [5.41, 5.74) is 1.33. The summed E-state index contributed by atoms with van der Waals surface area (Å²) in [7, 11) is 3.80. The van der Waals surface area contributed by atoms with Crippen LogP contribution in [0.25, 0.3) is 0 Å². The molecule has 0 spiro atoms. The molecule has 1 saturated heterocycles. The number of benzene rings is 1. The highest BCUT2D eigenvalue weighted by Crippen LogP contribution is 2.23. The van der Waals surface area contributed by atoms with Gasteiger partial charge in [-0.05, 0) is 63.1 Å². The molecule has 12 nitrogen and oxygen atoms in total. The standard InChI is InChI=1S/C35H53N5O5S.C2HF3O2/c1-7-24(4)32(38-34(44)29-15-11-12-20-39(29)5)35(45)40(6)28(23(2)3)17-18-30-37-27(22-46-30)33(43)36-26(16-19-31(41)42)21-25-13-9-8-10-14-25;3-2(4,5)1(6)7/h8-10,13-14,22-24,26,28-29,32H,7,11-12,15-21H2,1-6H3,(H,36,43)(H,38,44)(H,41,42);(H,6,7)/t24-,26+,28+,29-,32-;/m0./s1. The van der Waals surface area contributed by atoms with E-state index in [-0.39, 0.29) is 54.1 Å². The number of rotatable bonds is 17. The van der Waals surface area contributed by atoms with Gasteiger partial charge in [-0.15, -0.1) is 11.3 Å². The third-order valence-corrected chi connectivity index (χ3v) is 10.4. The van der Waals surface area contributed by atoms with Crippen LogP contribution < -0.4 is 10.6 Å². The summed E-state index contributed by atoms with van der Waals surface area (Å²) in [5.74, 6) is -3.97. The summed E-state index contributed by atoms with van der Waals surface area (Å²) in [6, 6.07) is 8.46. The molecule has 1 aliphatic heterocycles. The molecule has 3 amide bonds. The Morgan fingerprint density at radius 3 is 2.23 bits per heavy atom. The fourth-order valence-corrected chi connectivity index (χ4v) is 6.97. The average Bonchev–Trinajstić information content (AvgIpc) is 3.58. The van der Waals surface area contributed by atoms with E-state index in [1.54, 1.807) is 10.3 Å². The van der Waals surface area contributed by atoms with Crippen LogP contribution in [0.1, 0.15) is 93.7 Å². The van der Waals surface area contributed by atoms with Crippen LogP contribution in [0.2, 0.25) is 0 Å². The summed E-state index contributed by atoms with van der Waals surface area (Å²) in [5, 5.41) is 25.0. The molecule has 2 aromatic rings. The van der Waals surface area contributed by atoms with Crippen molar-refractivity contribution in [3.05, 3.63) is 52.0 Å². The topological polar surface area (TPSA) is 169 Å². The zero-order valence-electron chi connectivity index (χ0n) is 31.3. The number of alkyl halides is 3. The number of aromatic nitrogens is 1. The van der Waals surface area contributed by atoms with Crippen LogP contribution in [-0.4, -0.2) is 106 Å². The van der Waals surface area contributed by atoms with E-state index in [2.05, 4.69) is 34.4 Å². The van der Waals surface area contributed by atoms with E-state index in [4.69, 9.17) is 9.90 Å². The highest BCUT2D eigenvalue weighted by molar-refractivity contribution is 7.09. The highest BCUT2D eigenvalue weighted by atomic mass is 32.1. The third-order valence-electron chi connectivity index (χ3n) is 9.51. The summed E-state index contributed by atoms with van der Waals surface area (Å²) in [6.45, 7) is 9.12. The van der Waals surface area contributed by atoms with E-state index in [1.807, 2.05) is 58.3 Å². The smallest absolute Gasteiger partial charge is 0.481 e. The van der Waals surface area contributed by atoms with Gasteiger partial charge in [0.2, 0.25) is 11.8 Å². The Balaban J connectivity index is 0.00000126. The number of carbonyl (C=O) groups is 5.